The van der Waals surface area contributed by atoms with Crippen LogP contribution in [0.5, 0.6) is 0 Å². The predicted octanol–water partition coefficient (Wildman–Crippen LogP) is 4.76. The van der Waals surface area contributed by atoms with Crippen molar-refractivity contribution in [2.75, 3.05) is 4.72 Å². The van der Waals surface area contributed by atoms with Gasteiger partial charge in [0.25, 0.3) is 15.9 Å². The molecule has 1 aliphatic carbocycles. The van der Waals surface area contributed by atoms with Gasteiger partial charge in [0.1, 0.15) is 0 Å². The van der Waals surface area contributed by atoms with Gasteiger partial charge in [-0.1, -0.05) is 35.4 Å². The van der Waals surface area contributed by atoms with E-state index in [0.29, 0.717) is 15.7 Å². The number of nitrogens with one attached hydrogen (secondary N) is 2. The summed E-state index contributed by atoms with van der Waals surface area (Å²) in [5, 5.41) is 3.51. The monoisotopic (exact) mass is 422 g/mol. The first-order valence-corrected chi connectivity index (χ1v) is 10.3. The first-order chi connectivity index (χ1) is 12.8. The summed E-state index contributed by atoms with van der Waals surface area (Å²) >= 11 is 11.8. The second-order valence-electron chi connectivity index (χ2n) is 5.84. The van der Waals surface area contributed by atoms with Crippen LogP contribution in [0.2, 0.25) is 10.0 Å². The van der Waals surface area contributed by atoms with E-state index in [-0.39, 0.29) is 16.1 Å². The lowest BCUT2D eigenvalue weighted by Crippen LogP contribution is -2.24. The molecular formula is C19H16Cl2N2O3S. The number of hydrogen-bond acceptors (Lipinski definition) is 3. The number of hydrogen-bond donors (Lipinski definition) is 2. The van der Waals surface area contributed by atoms with Gasteiger partial charge in [0.2, 0.25) is 0 Å². The number of halogens is 2. The third-order valence-electron chi connectivity index (χ3n) is 3.85. The molecule has 0 bridgehead atoms. The zero-order chi connectivity index (χ0) is 19.4. The molecule has 2 aromatic rings. The van der Waals surface area contributed by atoms with E-state index in [1.807, 2.05) is 18.2 Å². The molecule has 27 heavy (non-hydrogen) atoms. The van der Waals surface area contributed by atoms with Crippen LogP contribution >= 0.6 is 23.2 Å². The molecule has 8 heteroatoms. The van der Waals surface area contributed by atoms with E-state index in [1.165, 1.54) is 42.5 Å². The third kappa shape index (κ3) is 4.91. The molecule has 0 saturated heterocycles. The number of rotatable bonds is 5. The number of allylic oxidation sites excluding steroid dienone is 3. The van der Waals surface area contributed by atoms with Crippen molar-refractivity contribution in [3.05, 3.63) is 82.0 Å². The van der Waals surface area contributed by atoms with Gasteiger partial charge in [-0.05, 0) is 61.4 Å². The Morgan fingerprint density at radius 3 is 2.33 bits per heavy atom. The molecule has 0 heterocycles. The van der Waals surface area contributed by atoms with Gasteiger partial charge in [-0.2, -0.15) is 0 Å². The van der Waals surface area contributed by atoms with Crippen LogP contribution in [0.25, 0.3) is 0 Å². The molecule has 0 fully saturated rings. The van der Waals surface area contributed by atoms with Crippen LogP contribution in [0.15, 0.2) is 71.3 Å². The quantitative estimate of drug-likeness (QED) is 0.728. The number of anilines is 1. The van der Waals surface area contributed by atoms with Crippen molar-refractivity contribution in [1.29, 1.82) is 0 Å². The molecule has 0 aromatic heterocycles. The topological polar surface area (TPSA) is 75.3 Å². The minimum Gasteiger partial charge on any atom is -0.322 e. The maximum Gasteiger partial charge on any atom is 0.261 e. The summed E-state index contributed by atoms with van der Waals surface area (Å²) in [5.74, 6) is -0.455. The Hall–Kier alpha value is -2.28. The molecule has 2 N–H and O–H groups in total. The van der Waals surface area contributed by atoms with Crippen LogP contribution in [0, 0.1) is 0 Å². The Morgan fingerprint density at radius 2 is 1.67 bits per heavy atom. The molecular weight excluding hydrogens is 407 g/mol. The number of benzene rings is 2. The van der Waals surface area contributed by atoms with E-state index >= 15 is 0 Å². The average molecular weight is 423 g/mol. The molecule has 1 amide bonds. The third-order valence-corrected chi connectivity index (χ3v) is 5.72. The van der Waals surface area contributed by atoms with Gasteiger partial charge in [-0.25, -0.2) is 8.42 Å². The Kier molecular flexibility index (Phi) is 5.89. The lowest BCUT2D eigenvalue weighted by atomic mass is 10.1. The maximum atomic E-state index is 12.7. The first-order valence-electron chi connectivity index (χ1n) is 8.11. The van der Waals surface area contributed by atoms with E-state index < -0.39 is 15.9 Å². The summed E-state index contributed by atoms with van der Waals surface area (Å²) in [5.41, 5.74) is 0.921. The summed E-state index contributed by atoms with van der Waals surface area (Å²) in [6.45, 7) is 0. The van der Waals surface area contributed by atoms with Gasteiger partial charge in [-0.3, -0.25) is 9.52 Å². The normalized spacial score (nSPS) is 13.8. The molecule has 2 aromatic carbocycles. The predicted molar refractivity (Wildman–Crippen MR) is 108 cm³/mol. The molecule has 0 unspecified atom stereocenters. The van der Waals surface area contributed by atoms with Gasteiger partial charge in [0.15, 0.2) is 0 Å². The van der Waals surface area contributed by atoms with Crippen molar-refractivity contribution in [1.82, 2.24) is 5.32 Å². The molecule has 5 nitrogen and oxygen atoms in total. The fourth-order valence-electron chi connectivity index (χ4n) is 2.52. The summed E-state index contributed by atoms with van der Waals surface area (Å²) < 4.78 is 27.7. The number of sulfonamides is 1. The van der Waals surface area contributed by atoms with Crippen LogP contribution < -0.4 is 10.0 Å². The Morgan fingerprint density at radius 1 is 0.963 bits per heavy atom. The van der Waals surface area contributed by atoms with Crippen LogP contribution in [-0.4, -0.2) is 14.3 Å². The van der Waals surface area contributed by atoms with E-state index in [1.54, 1.807) is 0 Å². The molecule has 0 saturated carbocycles. The van der Waals surface area contributed by atoms with Crippen LogP contribution in [-0.2, 0) is 10.0 Å². The van der Waals surface area contributed by atoms with Crippen LogP contribution in [0.1, 0.15) is 23.2 Å². The zero-order valence-electron chi connectivity index (χ0n) is 14.1. The van der Waals surface area contributed by atoms with E-state index in [0.717, 1.165) is 12.8 Å². The molecule has 3 rings (SSSR count). The summed E-state index contributed by atoms with van der Waals surface area (Å²) in [7, 11) is -3.89. The van der Waals surface area contributed by atoms with Gasteiger partial charge in [0, 0.05) is 15.7 Å². The van der Waals surface area contributed by atoms with Crippen molar-refractivity contribution in [2.24, 2.45) is 0 Å². The standard InChI is InChI=1S/C19H16Cl2N2O3S/c20-13-6-9-16(10-7-13)27(25,26)23-18-11-8-14(21)12-17(18)19(24)22-15-4-2-1-3-5-15/h2,4-12,23H,1,3H2,(H,22,24). The highest BCUT2D eigenvalue weighted by atomic mass is 35.5. The molecule has 1 aliphatic rings. The average Bonchev–Trinajstić information content (AvgIpc) is 2.64. The van der Waals surface area contributed by atoms with Crippen molar-refractivity contribution in [3.63, 3.8) is 0 Å². The van der Waals surface area contributed by atoms with Crippen molar-refractivity contribution in [3.8, 4) is 0 Å². The number of amides is 1. The summed E-state index contributed by atoms with van der Waals surface area (Å²) in [6.07, 6.45) is 7.42. The second-order valence-corrected chi connectivity index (χ2v) is 8.40. The largest absolute Gasteiger partial charge is 0.322 e. The zero-order valence-corrected chi connectivity index (χ0v) is 16.4. The SMILES string of the molecule is O=C(NC1=CCCC=C1)c1cc(Cl)ccc1NS(=O)(=O)c1ccc(Cl)cc1. The van der Waals surface area contributed by atoms with Gasteiger partial charge >= 0.3 is 0 Å². The molecule has 0 spiro atoms. The van der Waals surface area contributed by atoms with Crippen molar-refractivity contribution < 1.29 is 13.2 Å². The van der Waals surface area contributed by atoms with Crippen molar-refractivity contribution in [2.45, 2.75) is 17.7 Å². The minimum absolute atomic E-state index is 0.0335. The highest BCUT2D eigenvalue weighted by Crippen LogP contribution is 2.25. The first kappa shape index (κ1) is 19.5. The maximum absolute atomic E-state index is 12.7. The van der Waals surface area contributed by atoms with Gasteiger partial charge < -0.3 is 5.32 Å². The summed E-state index contributed by atoms with van der Waals surface area (Å²) in [6, 6.07) is 10.1. The Labute approximate surface area is 167 Å². The molecule has 0 radical (unpaired) electrons. The van der Waals surface area contributed by atoms with Crippen LogP contribution in [0.3, 0.4) is 0 Å². The van der Waals surface area contributed by atoms with E-state index in [2.05, 4.69) is 10.0 Å². The lowest BCUT2D eigenvalue weighted by molar-refractivity contribution is 0.0968. The number of carbonyl (C=O) groups is 1. The fourth-order valence-corrected chi connectivity index (χ4v) is 3.89. The van der Waals surface area contributed by atoms with Gasteiger partial charge in [-0.15, -0.1) is 0 Å². The second kappa shape index (κ2) is 8.17. The van der Waals surface area contributed by atoms with Gasteiger partial charge in [0.05, 0.1) is 16.1 Å². The van der Waals surface area contributed by atoms with E-state index in [9.17, 15) is 13.2 Å². The number of carbonyl (C=O) groups excluding carboxylic acids is 1. The highest BCUT2D eigenvalue weighted by molar-refractivity contribution is 7.92. The Bertz CT molecular complexity index is 1030. The van der Waals surface area contributed by atoms with Crippen LogP contribution in [0.4, 0.5) is 5.69 Å². The highest BCUT2D eigenvalue weighted by Gasteiger charge is 2.19. The fraction of sp³-hybridized carbons (Fsp3) is 0.105. The summed E-state index contributed by atoms with van der Waals surface area (Å²) in [4.78, 5) is 12.7. The smallest absolute Gasteiger partial charge is 0.261 e. The minimum atomic E-state index is -3.89. The molecule has 0 atom stereocenters. The Balaban J connectivity index is 1.89. The van der Waals surface area contributed by atoms with Crippen molar-refractivity contribution >= 4 is 44.8 Å². The lowest BCUT2D eigenvalue weighted by Gasteiger charge is -2.14. The molecule has 140 valence electrons. The van der Waals surface area contributed by atoms with E-state index in [4.69, 9.17) is 23.2 Å². The molecule has 0 aliphatic heterocycles.